The van der Waals surface area contributed by atoms with Gasteiger partial charge in [0.1, 0.15) is 11.4 Å². The lowest BCUT2D eigenvalue weighted by molar-refractivity contribution is -0.146. The number of alkyl halides is 3. The van der Waals surface area contributed by atoms with Gasteiger partial charge in [-0.3, -0.25) is 4.79 Å². The van der Waals surface area contributed by atoms with E-state index in [4.69, 9.17) is 0 Å². The highest BCUT2D eigenvalue weighted by atomic mass is 19.4. The molecule has 34 heavy (non-hydrogen) atoms. The standard InChI is InChI=1S/C23H36F3N7O/c1-31-12-14-32(15-13-31)10-2-9-28-22-29-16-19(23(24,25)26)20(30-22)27-8-3-11-33-18-6-4-17(5-7-18)21(33)34/h16-18H,2-15H2,1H3,(H2,27,28,29,30). The van der Waals surface area contributed by atoms with Crippen LogP contribution in [-0.4, -0.2) is 96.0 Å². The van der Waals surface area contributed by atoms with Crippen LogP contribution in [0.5, 0.6) is 0 Å². The summed E-state index contributed by atoms with van der Waals surface area (Å²) >= 11 is 0. The van der Waals surface area contributed by atoms with Crippen LogP contribution in [0.1, 0.15) is 44.1 Å². The van der Waals surface area contributed by atoms with Gasteiger partial charge in [-0.2, -0.15) is 18.2 Å². The lowest BCUT2D eigenvalue weighted by Crippen LogP contribution is -2.52. The Labute approximate surface area is 199 Å². The fraction of sp³-hybridized carbons (Fsp3) is 0.783. The number of piperidine rings is 2. The molecule has 4 heterocycles. The molecule has 1 aromatic heterocycles. The summed E-state index contributed by atoms with van der Waals surface area (Å²) in [6, 6.07) is 0.295. The molecule has 11 heteroatoms. The molecule has 5 rings (SSSR count). The van der Waals surface area contributed by atoms with Crippen molar-refractivity contribution in [2.24, 2.45) is 5.92 Å². The first kappa shape index (κ1) is 25.0. The molecule has 0 spiro atoms. The monoisotopic (exact) mass is 483 g/mol. The van der Waals surface area contributed by atoms with Crippen molar-refractivity contribution >= 4 is 17.7 Å². The summed E-state index contributed by atoms with van der Waals surface area (Å²) in [6.45, 7) is 6.58. The highest BCUT2D eigenvalue weighted by molar-refractivity contribution is 5.80. The Bertz CT molecular complexity index is 821. The van der Waals surface area contributed by atoms with E-state index in [1.54, 1.807) is 0 Å². The minimum atomic E-state index is -4.54. The Morgan fingerprint density at radius 3 is 2.35 bits per heavy atom. The molecule has 2 N–H and O–H groups in total. The summed E-state index contributed by atoms with van der Waals surface area (Å²) in [4.78, 5) is 27.1. The first-order chi connectivity index (χ1) is 16.3. The lowest BCUT2D eigenvalue weighted by atomic mass is 9.79. The SMILES string of the molecule is CN1CCN(CCCNc2ncc(C(F)(F)F)c(NCCCN3C(=O)C4CCC3CC4)n2)CC1. The Morgan fingerprint density at radius 2 is 1.68 bits per heavy atom. The lowest BCUT2D eigenvalue weighted by Gasteiger charge is -2.44. The number of hydrogen-bond donors (Lipinski definition) is 2. The van der Waals surface area contributed by atoms with Gasteiger partial charge in [-0.1, -0.05) is 0 Å². The van der Waals surface area contributed by atoms with Crippen LogP contribution in [-0.2, 0) is 11.0 Å². The number of anilines is 2. The van der Waals surface area contributed by atoms with Crippen LogP contribution in [0.2, 0.25) is 0 Å². The van der Waals surface area contributed by atoms with Gasteiger partial charge in [-0.15, -0.1) is 0 Å². The molecule has 4 fully saturated rings. The van der Waals surface area contributed by atoms with Gasteiger partial charge >= 0.3 is 6.18 Å². The highest BCUT2D eigenvalue weighted by Gasteiger charge is 2.39. The van der Waals surface area contributed by atoms with E-state index in [0.717, 1.165) is 71.0 Å². The Kier molecular flexibility index (Phi) is 8.13. The van der Waals surface area contributed by atoms with E-state index >= 15 is 0 Å². The Balaban J connectivity index is 1.26. The van der Waals surface area contributed by atoms with Gasteiger partial charge < -0.3 is 25.3 Å². The van der Waals surface area contributed by atoms with Crippen molar-refractivity contribution in [3.8, 4) is 0 Å². The zero-order valence-electron chi connectivity index (χ0n) is 19.9. The van der Waals surface area contributed by atoms with Crippen molar-refractivity contribution in [2.75, 3.05) is 70.0 Å². The predicted molar refractivity (Wildman–Crippen MR) is 125 cm³/mol. The molecule has 2 bridgehead atoms. The van der Waals surface area contributed by atoms with Crippen molar-refractivity contribution in [1.82, 2.24) is 24.7 Å². The maximum atomic E-state index is 13.5. The quantitative estimate of drug-likeness (QED) is 0.496. The van der Waals surface area contributed by atoms with E-state index in [-0.39, 0.29) is 23.6 Å². The van der Waals surface area contributed by atoms with E-state index in [0.29, 0.717) is 32.1 Å². The van der Waals surface area contributed by atoms with Crippen LogP contribution < -0.4 is 10.6 Å². The Morgan fingerprint density at radius 1 is 1.00 bits per heavy atom. The number of piperazine rings is 1. The highest BCUT2D eigenvalue weighted by Crippen LogP contribution is 2.36. The maximum absolute atomic E-state index is 13.5. The minimum Gasteiger partial charge on any atom is -0.369 e. The number of fused-ring (bicyclic) bond motifs is 3. The maximum Gasteiger partial charge on any atom is 0.421 e. The second-order valence-electron chi connectivity index (χ2n) is 9.70. The van der Waals surface area contributed by atoms with Crippen molar-refractivity contribution < 1.29 is 18.0 Å². The van der Waals surface area contributed by atoms with Crippen molar-refractivity contribution in [1.29, 1.82) is 0 Å². The summed E-state index contributed by atoms with van der Waals surface area (Å²) in [5, 5.41) is 5.90. The molecule has 0 aromatic carbocycles. The molecule has 8 nitrogen and oxygen atoms in total. The number of amides is 1. The van der Waals surface area contributed by atoms with Gasteiger partial charge in [-0.05, 0) is 52.1 Å². The number of carbonyl (C=O) groups excluding carboxylic acids is 1. The average Bonchev–Trinajstić information content (AvgIpc) is 2.82. The third kappa shape index (κ3) is 6.29. The molecule has 0 atom stereocenters. The van der Waals surface area contributed by atoms with E-state index in [9.17, 15) is 18.0 Å². The summed E-state index contributed by atoms with van der Waals surface area (Å²) in [7, 11) is 2.11. The number of rotatable bonds is 10. The molecular weight excluding hydrogens is 447 g/mol. The molecular formula is C23H36F3N7O. The Hall–Kier alpha value is -2.14. The van der Waals surface area contributed by atoms with Gasteiger partial charge in [0.25, 0.3) is 0 Å². The van der Waals surface area contributed by atoms with E-state index in [1.807, 2.05) is 4.90 Å². The van der Waals surface area contributed by atoms with Crippen LogP contribution in [0.4, 0.5) is 24.9 Å². The number of likely N-dealkylation sites (N-methyl/N-ethyl adjacent to an activating group) is 1. The number of nitrogens with zero attached hydrogens (tertiary/aromatic N) is 5. The van der Waals surface area contributed by atoms with Crippen molar-refractivity contribution in [3.63, 3.8) is 0 Å². The molecule has 190 valence electrons. The molecule has 1 aliphatic carbocycles. The number of aromatic nitrogens is 2. The fourth-order valence-electron chi connectivity index (χ4n) is 5.18. The first-order valence-electron chi connectivity index (χ1n) is 12.4. The van der Waals surface area contributed by atoms with E-state index in [2.05, 4.69) is 37.4 Å². The van der Waals surface area contributed by atoms with Crippen LogP contribution >= 0.6 is 0 Å². The van der Waals surface area contributed by atoms with Gasteiger partial charge in [0.2, 0.25) is 11.9 Å². The molecule has 4 aliphatic rings. The molecule has 3 aliphatic heterocycles. The predicted octanol–water partition coefficient (Wildman–Crippen LogP) is 2.75. The summed E-state index contributed by atoms with van der Waals surface area (Å²) in [5.41, 5.74) is -0.872. The molecule has 0 radical (unpaired) electrons. The number of carbonyl (C=O) groups is 1. The fourth-order valence-corrected chi connectivity index (χ4v) is 5.18. The van der Waals surface area contributed by atoms with Crippen LogP contribution in [0.25, 0.3) is 0 Å². The topological polar surface area (TPSA) is 76.6 Å². The second-order valence-corrected chi connectivity index (χ2v) is 9.70. The van der Waals surface area contributed by atoms with Crippen LogP contribution in [0.3, 0.4) is 0 Å². The molecule has 0 unspecified atom stereocenters. The van der Waals surface area contributed by atoms with Gasteiger partial charge in [0, 0.05) is 64.0 Å². The number of nitrogens with one attached hydrogen (secondary N) is 2. The average molecular weight is 484 g/mol. The largest absolute Gasteiger partial charge is 0.421 e. The van der Waals surface area contributed by atoms with Gasteiger partial charge in [0.05, 0.1) is 0 Å². The zero-order chi connectivity index (χ0) is 24.1. The number of halogens is 3. The first-order valence-corrected chi connectivity index (χ1v) is 12.4. The summed E-state index contributed by atoms with van der Waals surface area (Å²) < 4.78 is 40.4. The van der Waals surface area contributed by atoms with Crippen LogP contribution in [0, 0.1) is 5.92 Å². The molecule has 1 saturated carbocycles. The summed E-state index contributed by atoms with van der Waals surface area (Å²) in [6.07, 6.45) is 1.76. The third-order valence-electron chi connectivity index (χ3n) is 7.26. The molecule has 1 amide bonds. The van der Waals surface area contributed by atoms with Gasteiger partial charge in [0.15, 0.2) is 0 Å². The normalized spacial score (nSPS) is 24.0. The molecule has 3 saturated heterocycles. The summed E-state index contributed by atoms with van der Waals surface area (Å²) in [5.74, 6) is 0.332. The molecule has 1 aromatic rings. The third-order valence-corrected chi connectivity index (χ3v) is 7.26. The van der Waals surface area contributed by atoms with E-state index in [1.165, 1.54) is 0 Å². The number of hydrogen-bond acceptors (Lipinski definition) is 7. The van der Waals surface area contributed by atoms with E-state index < -0.39 is 11.7 Å². The smallest absolute Gasteiger partial charge is 0.369 e. The van der Waals surface area contributed by atoms with Crippen LogP contribution in [0.15, 0.2) is 6.20 Å². The zero-order valence-corrected chi connectivity index (χ0v) is 19.9. The second kappa shape index (κ2) is 11.1. The van der Waals surface area contributed by atoms with Crippen molar-refractivity contribution in [3.05, 3.63) is 11.8 Å². The minimum absolute atomic E-state index is 0.140. The van der Waals surface area contributed by atoms with Crippen molar-refractivity contribution in [2.45, 2.75) is 50.7 Å². The van der Waals surface area contributed by atoms with Gasteiger partial charge in [-0.25, -0.2) is 4.98 Å².